The lowest BCUT2D eigenvalue weighted by molar-refractivity contribution is -0.134. The lowest BCUT2D eigenvalue weighted by atomic mass is 10.2. The summed E-state index contributed by atoms with van der Waals surface area (Å²) in [6.07, 6.45) is -4.40. The number of carbonyl (C=O) groups excluding carboxylic acids is 1. The number of hydrogen-bond donors (Lipinski definition) is 1. The minimum absolute atomic E-state index is 0.0529. The van der Waals surface area contributed by atoms with Crippen molar-refractivity contribution in [3.63, 3.8) is 0 Å². The molecule has 2 aromatic rings. The third-order valence-electron chi connectivity index (χ3n) is 2.58. The van der Waals surface area contributed by atoms with Crippen LogP contribution in [-0.2, 0) is 11.0 Å². The molecule has 0 fully saturated rings. The Morgan fingerprint density at radius 1 is 1.36 bits per heavy atom. The highest BCUT2D eigenvalue weighted by Gasteiger charge is 2.32. The van der Waals surface area contributed by atoms with Crippen LogP contribution >= 0.6 is 11.3 Å². The van der Waals surface area contributed by atoms with Gasteiger partial charge < -0.3 is 10.1 Å². The molecule has 0 aromatic carbocycles. The average Bonchev–Trinajstić information content (AvgIpc) is 2.87. The molecule has 8 heteroatoms. The number of pyridine rings is 1. The molecular weight excluding hydrogens is 317 g/mol. The number of rotatable bonds is 4. The number of aromatic nitrogens is 1. The Labute approximate surface area is 128 Å². The van der Waals surface area contributed by atoms with E-state index in [4.69, 9.17) is 4.74 Å². The summed E-state index contributed by atoms with van der Waals surface area (Å²) in [5.41, 5.74) is 0. The number of amides is 1. The molecule has 0 atom stereocenters. The Morgan fingerprint density at radius 3 is 2.68 bits per heavy atom. The first kappa shape index (κ1) is 16.3. The van der Waals surface area contributed by atoms with Crippen molar-refractivity contribution >= 4 is 23.1 Å². The van der Waals surface area contributed by atoms with Gasteiger partial charge in [0.05, 0.1) is 0 Å². The molecule has 22 heavy (non-hydrogen) atoms. The van der Waals surface area contributed by atoms with Gasteiger partial charge in [0.25, 0.3) is 0 Å². The van der Waals surface area contributed by atoms with E-state index in [2.05, 4.69) is 10.3 Å². The van der Waals surface area contributed by atoms with Crippen molar-refractivity contribution in [2.75, 3.05) is 5.32 Å². The third-order valence-corrected chi connectivity index (χ3v) is 3.53. The van der Waals surface area contributed by atoms with Crippen molar-refractivity contribution < 1.29 is 22.7 Å². The van der Waals surface area contributed by atoms with Crippen molar-refractivity contribution in [3.05, 3.63) is 34.5 Å². The lowest BCUT2D eigenvalue weighted by Gasteiger charge is -2.08. The van der Waals surface area contributed by atoms with Crippen LogP contribution in [-0.4, -0.2) is 10.9 Å². The standard InChI is InChI=1S/C14H13F3N2O2S/c1-8(2)13(20)19-11-4-3-5-12(18-11)21-9-6-10(22-7-9)14(15,16)17/h3-8H,1-2H3,(H,18,19,20). The third kappa shape index (κ3) is 4.20. The average molecular weight is 330 g/mol. The fraction of sp³-hybridized carbons (Fsp3) is 0.286. The highest BCUT2D eigenvalue weighted by molar-refractivity contribution is 7.10. The Kier molecular flexibility index (Phi) is 4.70. The van der Waals surface area contributed by atoms with E-state index in [1.54, 1.807) is 26.0 Å². The zero-order valence-electron chi connectivity index (χ0n) is 11.8. The highest BCUT2D eigenvalue weighted by Crippen LogP contribution is 2.37. The molecule has 0 radical (unpaired) electrons. The molecule has 0 bridgehead atoms. The Hall–Kier alpha value is -2.09. The van der Waals surface area contributed by atoms with Gasteiger partial charge >= 0.3 is 6.18 Å². The summed E-state index contributed by atoms with van der Waals surface area (Å²) < 4.78 is 42.8. The van der Waals surface area contributed by atoms with Crippen molar-refractivity contribution in [3.8, 4) is 11.6 Å². The zero-order valence-corrected chi connectivity index (χ0v) is 12.6. The predicted octanol–water partition coefficient (Wildman–Crippen LogP) is 4.55. The number of alkyl halides is 3. The molecule has 118 valence electrons. The number of anilines is 1. The van der Waals surface area contributed by atoms with Gasteiger partial charge in [-0.15, -0.1) is 11.3 Å². The lowest BCUT2D eigenvalue weighted by Crippen LogP contribution is -2.18. The molecule has 2 heterocycles. The number of thiophene rings is 1. The minimum atomic E-state index is -4.40. The SMILES string of the molecule is CC(C)C(=O)Nc1cccc(Oc2csc(C(F)(F)F)c2)n1. The van der Waals surface area contributed by atoms with Crippen LogP contribution in [0.5, 0.6) is 11.6 Å². The second-order valence-electron chi connectivity index (χ2n) is 4.75. The first-order valence-corrected chi connectivity index (χ1v) is 7.25. The Morgan fingerprint density at radius 2 is 2.09 bits per heavy atom. The van der Waals surface area contributed by atoms with Gasteiger partial charge in [-0.1, -0.05) is 19.9 Å². The van der Waals surface area contributed by atoms with Gasteiger partial charge in [0.15, 0.2) is 0 Å². The van der Waals surface area contributed by atoms with E-state index < -0.39 is 11.1 Å². The van der Waals surface area contributed by atoms with Crippen molar-refractivity contribution in [2.24, 2.45) is 5.92 Å². The number of nitrogens with zero attached hydrogens (tertiary/aromatic N) is 1. The second kappa shape index (κ2) is 6.35. The highest BCUT2D eigenvalue weighted by atomic mass is 32.1. The summed E-state index contributed by atoms with van der Waals surface area (Å²) in [6.45, 7) is 3.47. The van der Waals surface area contributed by atoms with Gasteiger partial charge in [-0.2, -0.15) is 18.2 Å². The maximum Gasteiger partial charge on any atom is 0.425 e. The number of halogens is 3. The van der Waals surface area contributed by atoms with E-state index in [1.165, 1.54) is 11.4 Å². The number of hydrogen-bond acceptors (Lipinski definition) is 4. The molecule has 0 saturated carbocycles. The molecule has 2 rings (SSSR count). The number of carbonyl (C=O) groups is 1. The quantitative estimate of drug-likeness (QED) is 0.895. The van der Waals surface area contributed by atoms with Crippen LogP contribution in [0.3, 0.4) is 0 Å². The normalized spacial score (nSPS) is 11.5. The van der Waals surface area contributed by atoms with Gasteiger partial charge in [-0.25, -0.2) is 0 Å². The molecule has 0 unspecified atom stereocenters. The summed E-state index contributed by atoms with van der Waals surface area (Å²) in [5.74, 6) is 0.0184. The van der Waals surface area contributed by atoms with Gasteiger partial charge in [-0.3, -0.25) is 4.79 Å². The molecule has 0 aliphatic heterocycles. The summed E-state index contributed by atoms with van der Waals surface area (Å²) in [6, 6.07) is 5.57. The maximum atomic E-state index is 12.5. The van der Waals surface area contributed by atoms with Crippen LogP contribution in [0.15, 0.2) is 29.6 Å². The summed E-state index contributed by atoms with van der Waals surface area (Å²) in [4.78, 5) is 14.9. The topological polar surface area (TPSA) is 51.2 Å². The number of nitrogens with one attached hydrogen (secondary N) is 1. The zero-order chi connectivity index (χ0) is 16.3. The minimum Gasteiger partial charge on any atom is -0.438 e. The van der Waals surface area contributed by atoms with Crippen molar-refractivity contribution in [2.45, 2.75) is 20.0 Å². The summed E-state index contributed by atoms with van der Waals surface area (Å²) in [7, 11) is 0. The van der Waals surface area contributed by atoms with Crippen LogP contribution < -0.4 is 10.1 Å². The molecule has 0 aliphatic carbocycles. The van der Waals surface area contributed by atoms with Gasteiger partial charge in [-0.05, 0) is 6.07 Å². The predicted molar refractivity (Wildman–Crippen MR) is 77.1 cm³/mol. The van der Waals surface area contributed by atoms with E-state index in [0.717, 1.165) is 6.07 Å². The Balaban J connectivity index is 2.10. The molecular formula is C14H13F3N2O2S. The van der Waals surface area contributed by atoms with E-state index in [-0.39, 0.29) is 29.3 Å². The monoisotopic (exact) mass is 330 g/mol. The molecule has 1 N–H and O–H groups in total. The molecule has 0 aliphatic rings. The van der Waals surface area contributed by atoms with Gasteiger partial charge in [0.2, 0.25) is 11.8 Å². The number of ether oxygens (including phenoxy) is 1. The maximum absolute atomic E-state index is 12.5. The fourth-order valence-electron chi connectivity index (χ4n) is 1.45. The first-order valence-electron chi connectivity index (χ1n) is 6.37. The van der Waals surface area contributed by atoms with Crippen LogP contribution in [0.4, 0.5) is 19.0 Å². The van der Waals surface area contributed by atoms with E-state index in [0.29, 0.717) is 11.3 Å². The van der Waals surface area contributed by atoms with Crippen molar-refractivity contribution in [1.82, 2.24) is 4.98 Å². The molecule has 1 amide bonds. The van der Waals surface area contributed by atoms with Crippen LogP contribution in [0.2, 0.25) is 0 Å². The van der Waals surface area contributed by atoms with Crippen LogP contribution in [0.1, 0.15) is 18.7 Å². The van der Waals surface area contributed by atoms with E-state index in [9.17, 15) is 18.0 Å². The smallest absolute Gasteiger partial charge is 0.425 e. The van der Waals surface area contributed by atoms with Crippen LogP contribution in [0, 0.1) is 5.92 Å². The molecule has 2 aromatic heterocycles. The first-order chi connectivity index (χ1) is 10.3. The molecule has 0 saturated heterocycles. The largest absolute Gasteiger partial charge is 0.438 e. The van der Waals surface area contributed by atoms with E-state index in [1.807, 2.05) is 0 Å². The van der Waals surface area contributed by atoms with Gasteiger partial charge in [0.1, 0.15) is 16.4 Å². The summed E-state index contributed by atoms with van der Waals surface area (Å²) >= 11 is 0.547. The molecule has 4 nitrogen and oxygen atoms in total. The summed E-state index contributed by atoms with van der Waals surface area (Å²) in [5, 5.41) is 3.84. The van der Waals surface area contributed by atoms with Crippen LogP contribution in [0.25, 0.3) is 0 Å². The second-order valence-corrected chi connectivity index (χ2v) is 5.66. The molecule has 0 spiro atoms. The fourth-order valence-corrected chi connectivity index (χ4v) is 2.13. The van der Waals surface area contributed by atoms with E-state index >= 15 is 0 Å². The van der Waals surface area contributed by atoms with Crippen molar-refractivity contribution in [1.29, 1.82) is 0 Å². The Bertz CT molecular complexity index is 668. The van der Waals surface area contributed by atoms with Gasteiger partial charge in [0, 0.05) is 23.4 Å².